The highest BCUT2D eigenvalue weighted by atomic mass is 19.1. The first-order valence-electron chi connectivity index (χ1n) is 11.5. The van der Waals surface area contributed by atoms with Crippen LogP contribution in [-0.4, -0.2) is 50.0 Å². The van der Waals surface area contributed by atoms with Gasteiger partial charge in [-0.2, -0.15) is 0 Å². The first kappa shape index (κ1) is 26.1. The number of carbonyl (C=O) groups excluding carboxylic acids is 1. The number of carbonyl (C=O) groups is 2. The Labute approximate surface area is 203 Å². The Bertz CT molecular complexity index is 1220. The van der Waals surface area contributed by atoms with Gasteiger partial charge in [0, 0.05) is 34.6 Å². The van der Waals surface area contributed by atoms with Crippen molar-refractivity contribution in [3.05, 3.63) is 66.1 Å². The molecule has 0 spiro atoms. The highest BCUT2D eigenvalue weighted by Gasteiger charge is 2.20. The van der Waals surface area contributed by atoms with Gasteiger partial charge in [-0.15, -0.1) is 0 Å². The number of carboxylic acids is 1. The molecule has 0 radical (unpaired) electrons. The van der Waals surface area contributed by atoms with E-state index in [0.29, 0.717) is 0 Å². The number of para-hydroxylation sites is 1. The zero-order chi connectivity index (χ0) is 25.7. The van der Waals surface area contributed by atoms with E-state index >= 15 is 0 Å². The maximum absolute atomic E-state index is 13.6. The number of halogens is 1. The molecule has 0 aliphatic carbocycles. The topological polar surface area (TPSA) is 112 Å². The molecular weight excluding hydrogens is 451 g/mol. The van der Waals surface area contributed by atoms with E-state index < -0.39 is 30.1 Å². The van der Waals surface area contributed by atoms with E-state index in [1.165, 1.54) is 19.1 Å². The minimum absolute atomic E-state index is 0.0939. The summed E-state index contributed by atoms with van der Waals surface area (Å²) in [4.78, 5) is 22.8. The van der Waals surface area contributed by atoms with Crippen LogP contribution < -0.4 is 5.32 Å². The van der Waals surface area contributed by atoms with Gasteiger partial charge in [0.1, 0.15) is 11.9 Å². The molecule has 35 heavy (non-hydrogen) atoms. The maximum atomic E-state index is 13.6. The van der Waals surface area contributed by atoms with Crippen molar-refractivity contribution >= 4 is 28.9 Å². The lowest BCUT2D eigenvalue weighted by molar-refractivity contribution is -0.141. The lowest BCUT2D eigenvalue weighted by atomic mass is 10.0. The molecule has 3 aromatic rings. The van der Waals surface area contributed by atoms with E-state index in [4.69, 9.17) is 5.11 Å². The van der Waals surface area contributed by atoms with Crippen molar-refractivity contribution in [1.82, 2.24) is 9.88 Å². The van der Waals surface area contributed by atoms with Gasteiger partial charge in [-0.25, -0.2) is 4.39 Å². The molecule has 186 valence electrons. The summed E-state index contributed by atoms with van der Waals surface area (Å²) in [6.45, 7) is 5.43. The number of aliphatic carboxylic acids is 1. The average Bonchev–Trinajstić information content (AvgIpc) is 3.12. The highest BCUT2D eigenvalue weighted by Crippen LogP contribution is 2.38. The minimum atomic E-state index is -1.17. The monoisotopic (exact) mass is 482 g/mol. The Balaban J connectivity index is 1.87. The van der Waals surface area contributed by atoms with Gasteiger partial charge >= 0.3 is 5.97 Å². The molecule has 4 N–H and O–H groups in total. The number of aliphatic hydroxyl groups excluding tert-OH is 2. The first-order chi connectivity index (χ1) is 16.6. The molecule has 0 bridgehead atoms. The highest BCUT2D eigenvalue weighted by molar-refractivity contribution is 6.01. The maximum Gasteiger partial charge on any atom is 0.325 e. The third-order valence-corrected chi connectivity index (χ3v) is 5.76. The molecule has 0 aliphatic heterocycles. The second-order valence-corrected chi connectivity index (χ2v) is 8.90. The molecule has 0 fully saturated rings. The van der Waals surface area contributed by atoms with Crippen molar-refractivity contribution in [3.63, 3.8) is 0 Å². The average molecular weight is 483 g/mol. The Morgan fingerprint density at radius 2 is 1.71 bits per heavy atom. The summed E-state index contributed by atoms with van der Waals surface area (Å²) in [5, 5.41) is 32.9. The standard InChI is InChI=1S/C27H31FN2O5/c1-16(2)30-23-7-5-4-6-22(23)26(18-8-10-19(28)11-9-18)24(30)13-12-20(31)14-21(32)15-25(33)29-17(3)27(34)35/h4-13,16-17,20-21,31-32H,14-15H2,1-3H3,(H,29,33)(H,34,35)/t17?,20-,21-/m0/s1. The zero-order valence-electron chi connectivity index (χ0n) is 20.0. The van der Waals surface area contributed by atoms with Crippen molar-refractivity contribution in [2.24, 2.45) is 0 Å². The van der Waals surface area contributed by atoms with E-state index in [-0.39, 0.29) is 24.7 Å². The summed E-state index contributed by atoms with van der Waals surface area (Å²) in [7, 11) is 0. The van der Waals surface area contributed by atoms with Crippen LogP contribution in [0.2, 0.25) is 0 Å². The van der Waals surface area contributed by atoms with Gasteiger partial charge in [-0.05, 0) is 50.6 Å². The van der Waals surface area contributed by atoms with Crippen molar-refractivity contribution in [3.8, 4) is 11.1 Å². The predicted molar refractivity (Wildman–Crippen MR) is 133 cm³/mol. The number of amides is 1. The van der Waals surface area contributed by atoms with Crippen LogP contribution in [0, 0.1) is 5.82 Å². The van der Waals surface area contributed by atoms with E-state index in [1.54, 1.807) is 24.3 Å². The number of carboxylic acid groups (broad SMARTS) is 1. The van der Waals surface area contributed by atoms with Crippen LogP contribution in [-0.2, 0) is 9.59 Å². The van der Waals surface area contributed by atoms with Gasteiger partial charge in [0.05, 0.1) is 18.6 Å². The Morgan fingerprint density at radius 3 is 2.34 bits per heavy atom. The van der Waals surface area contributed by atoms with Crippen molar-refractivity contribution in [1.29, 1.82) is 0 Å². The lowest BCUT2D eigenvalue weighted by Crippen LogP contribution is -2.39. The number of nitrogens with one attached hydrogen (secondary N) is 1. The summed E-state index contributed by atoms with van der Waals surface area (Å²) in [5.41, 5.74) is 3.57. The second-order valence-electron chi connectivity index (χ2n) is 8.90. The Kier molecular flexibility index (Phi) is 8.43. The third-order valence-electron chi connectivity index (χ3n) is 5.76. The van der Waals surface area contributed by atoms with Gasteiger partial charge in [0.15, 0.2) is 0 Å². The largest absolute Gasteiger partial charge is 0.480 e. The molecule has 0 saturated carbocycles. The smallest absolute Gasteiger partial charge is 0.325 e. The molecule has 7 nitrogen and oxygen atoms in total. The van der Waals surface area contributed by atoms with Crippen LogP contribution in [0.25, 0.3) is 28.1 Å². The Morgan fingerprint density at radius 1 is 1.06 bits per heavy atom. The molecule has 1 heterocycles. The number of aromatic nitrogens is 1. The van der Waals surface area contributed by atoms with Crippen LogP contribution in [0.4, 0.5) is 4.39 Å². The minimum Gasteiger partial charge on any atom is -0.480 e. The van der Waals surface area contributed by atoms with Crippen LogP contribution in [0.5, 0.6) is 0 Å². The van der Waals surface area contributed by atoms with Crippen molar-refractivity contribution < 1.29 is 29.3 Å². The molecule has 1 unspecified atom stereocenters. The fourth-order valence-corrected chi connectivity index (χ4v) is 4.14. The third kappa shape index (κ3) is 6.35. The molecule has 3 rings (SSSR count). The summed E-state index contributed by atoms with van der Waals surface area (Å²) in [6.07, 6.45) is 0.719. The number of nitrogens with zero attached hydrogens (tertiary/aromatic N) is 1. The van der Waals surface area contributed by atoms with Gasteiger partial charge in [0.25, 0.3) is 0 Å². The predicted octanol–water partition coefficient (Wildman–Crippen LogP) is 4.13. The zero-order valence-corrected chi connectivity index (χ0v) is 20.0. The van der Waals surface area contributed by atoms with Crippen molar-refractivity contribution in [2.45, 2.75) is 57.9 Å². The number of hydrogen-bond acceptors (Lipinski definition) is 4. The number of fused-ring (bicyclic) bond motifs is 1. The number of hydrogen-bond donors (Lipinski definition) is 4. The molecule has 0 aliphatic rings. The van der Waals surface area contributed by atoms with Crippen LogP contribution in [0.1, 0.15) is 45.3 Å². The van der Waals surface area contributed by atoms with E-state index in [1.807, 2.05) is 24.3 Å². The molecule has 8 heteroatoms. The Hall–Kier alpha value is -3.49. The second kappa shape index (κ2) is 11.3. The summed E-state index contributed by atoms with van der Waals surface area (Å²) in [6, 6.07) is 13.2. The van der Waals surface area contributed by atoms with Crippen LogP contribution in [0.15, 0.2) is 54.6 Å². The molecular formula is C27H31FN2O5. The normalized spacial score (nSPS) is 14.4. The molecule has 1 aromatic heterocycles. The van der Waals surface area contributed by atoms with Gasteiger partial charge in [-0.3, -0.25) is 9.59 Å². The summed E-state index contributed by atoms with van der Waals surface area (Å²) < 4.78 is 15.7. The van der Waals surface area contributed by atoms with Crippen molar-refractivity contribution in [2.75, 3.05) is 0 Å². The number of aliphatic hydroxyl groups is 2. The summed E-state index contributed by atoms with van der Waals surface area (Å²) in [5.74, 6) is -2.11. The number of rotatable bonds is 10. The van der Waals surface area contributed by atoms with E-state index in [0.717, 1.165) is 27.7 Å². The first-order valence-corrected chi connectivity index (χ1v) is 11.5. The molecule has 1 amide bonds. The lowest BCUT2D eigenvalue weighted by Gasteiger charge is -2.16. The van der Waals surface area contributed by atoms with E-state index in [2.05, 4.69) is 23.7 Å². The van der Waals surface area contributed by atoms with Gasteiger partial charge in [0.2, 0.25) is 5.91 Å². The SMILES string of the molecule is CC(NC(=O)C[C@@H](O)C[C@@H](O)C=Cc1c(-c2ccc(F)cc2)c2ccccc2n1C(C)C)C(=O)O. The molecule has 0 saturated heterocycles. The number of benzene rings is 2. The molecule has 2 aromatic carbocycles. The quantitative estimate of drug-likeness (QED) is 0.347. The fraction of sp³-hybridized carbons (Fsp3) is 0.333. The van der Waals surface area contributed by atoms with Crippen LogP contribution in [0.3, 0.4) is 0 Å². The van der Waals surface area contributed by atoms with E-state index in [9.17, 15) is 24.2 Å². The molecule has 3 atom stereocenters. The fourth-order valence-electron chi connectivity index (χ4n) is 4.14. The summed E-state index contributed by atoms with van der Waals surface area (Å²) >= 11 is 0. The van der Waals surface area contributed by atoms with Gasteiger partial charge < -0.3 is 25.2 Å². The van der Waals surface area contributed by atoms with Crippen LogP contribution >= 0.6 is 0 Å². The van der Waals surface area contributed by atoms with Gasteiger partial charge in [-0.1, -0.05) is 36.4 Å².